The molecule has 0 unspecified atom stereocenters. The van der Waals surface area contributed by atoms with Gasteiger partial charge in [0.15, 0.2) is 0 Å². The van der Waals surface area contributed by atoms with Crippen LogP contribution in [0.1, 0.15) is 31.7 Å². The number of fused-ring (bicyclic) bond motifs is 1. The van der Waals surface area contributed by atoms with Gasteiger partial charge in [0.05, 0.1) is 11.9 Å². The first kappa shape index (κ1) is 13.6. The molecule has 0 spiro atoms. The first-order valence-electron chi connectivity index (χ1n) is 7.21. The van der Waals surface area contributed by atoms with E-state index in [0.717, 1.165) is 28.6 Å². The van der Waals surface area contributed by atoms with Crippen molar-refractivity contribution in [2.75, 3.05) is 11.4 Å². The van der Waals surface area contributed by atoms with Crippen molar-refractivity contribution in [2.45, 2.75) is 26.2 Å². The second kappa shape index (κ2) is 5.20. The number of pyridine rings is 1. The molecule has 1 saturated heterocycles. The molecule has 4 heteroatoms. The molecule has 1 N–H and O–H groups in total. The highest BCUT2D eigenvalue weighted by atomic mass is 16.2. The summed E-state index contributed by atoms with van der Waals surface area (Å²) in [5.74, 6) is 0.417. The van der Waals surface area contributed by atoms with Gasteiger partial charge in [-0.05, 0) is 11.5 Å². The van der Waals surface area contributed by atoms with Crippen molar-refractivity contribution in [1.82, 2.24) is 10.3 Å². The average Bonchev–Trinajstić information content (AvgIpc) is 2.46. The van der Waals surface area contributed by atoms with Crippen LogP contribution < -0.4 is 10.2 Å². The molecule has 0 radical (unpaired) electrons. The van der Waals surface area contributed by atoms with E-state index in [2.05, 4.69) is 42.9 Å². The van der Waals surface area contributed by atoms with Gasteiger partial charge in [-0.15, -0.1) is 0 Å². The molecule has 1 aliphatic heterocycles. The third kappa shape index (κ3) is 2.37. The number of nitrogens with one attached hydrogen (secondary N) is 1. The van der Waals surface area contributed by atoms with Crippen molar-refractivity contribution in [1.29, 1.82) is 0 Å². The summed E-state index contributed by atoms with van der Waals surface area (Å²) in [5, 5.41) is 4.98. The largest absolute Gasteiger partial charge is 0.326 e. The quantitative estimate of drug-likeness (QED) is 0.910. The number of nitrogens with zero attached hydrogens (tertiary/aromatic N) is 2. The van der Waals surface area contributed by atoms with Gasteiger partial charge in [0.25, 0.3) is 0 Å². The van der Waals surface area contributed by atoms with Gasteiger partial charge in [-0.2, -0.15) is 0 Å². The van der Waals surface area contributed by atoms with Crippen LogP contribution in [0, 0.1) is 0 Å². The molecule has 1 aromatic carbocycles. The fraction of sp³-hybridized carbons (Fsp3) is 0.294. The van der Waals surface area contributed by atoms with E-state index in [9.17, 15) is 4.79 Å². The summed E-state index contributed by atoms with van der Waals surface area (Å²) in [6, 6.07) is 6.09. The van der Waals surface area contributed by atoms with E-state index in [0.29, 0.717) is 12.5 Å². The summed E-state index contributed by atoms with van der Waals surface area (Å²) < 4.78 is 0. The number of carbonyl (C=O) groups excluding carboxylic acids is 1. The van der Waals surface area contributed by atoms with Gasteiger partial charge >= 0.3 is 6.03 Å². The minimum atomic E-state index is -0.129. The number of amides is 2. The summed E-state index contributed by atoms with van der Waals surface area (Å²) in [5.41, 5.74) is 2.89. The van der Waals surface area contributed by atoms with E-state index in [-0.39, 0.29) is 6.03 Å². The lowest BCUT2D eigenvalue weighted by molar-refractivity contribution is 0.246. The van der Waals surface area contributed by atoms with Crippen molar-refractivity contribution in [2.24, 2.45) is 0 Å². The third-order valence-electron chi connectivity index (χ3n) is 3.90. The minimum absolute atomic E-state index is 0.129. The lowest BCUT2D eigenvalue weighted by Gasteiger charge is -2.29. The van der Waals surface area contributed by atoms with Gasteiger partial charge in [0.1, 0.15) is 0 Å². The summed E-state index contributed by atoms with van der Waals surface area (Å²) >= 11 is 0. The molecule has 2 amide bonds. The van der Waals surface area contributed by atoms with Crippen LogP contribution in [0.4, 0.5) is 10.5 Å². The predicted octanol–water partition coefficient (Wildman–Crippen LogP) is 3.79. The molecule has 0 bridgehead atoms. The zero-order chi connectivity index (χ0) is 15.0. The molecule has 0 saturated carbocycles. The molecule has 3 rings (SSSR count). The van der Waals surface area contributed by atoms with Gasteiger partial charge in [-0.3, -0.25) is 9.88 Å². The molecule has 0 aliphatic carbocycles. The molecule has 2 aromatic rings. The Kier molecular flexibility index (Phi) is 3.37. The number of hydrogen-bond donors (Lipinski definition) is 1. The summed E-state index contributed by atoms with van der Waals surface area (Å²) in [6.45, 7) is 8.79. The van der Waals surface area contributed by atoms with E-state index in [1.54, 1.807) is 11.1 Å². The van der Waals surface area contributed by atoms with E-state index in [4.69, 9.17) is 0 Å². The van der Waals surface area contributed by atoms with Crippen LogP contribution in [0.5, 0.6) is 0 Å². The van der Waals surface area contributed by atoms with Gasteiger partial charge in [-0.25, -0.2) is 4.79 Å². The highest BCUT2D eigenvalue weighted by molar-refractivity contribution is 6.04. The fourth-order valence-electron chi connectivity index (χ4n) is 2.78. The van der Waals surface area contributed by atoms with Gasteiger partial charge in [0, 0.05) is 35.6 Å². The van der Waals surface area contributed by atoms with Crippen LogP contribution in [-0.4, -0.2) is 17.6 Å². The molecular weight excluding hydrogens is 262 g/mol. The van der Waals surface area contributed by atoms with E-state index in [1.165, 1.54) is 5.56 Å². The number of rotatable bonds is 2. The topological polar surface area (TPSA) is 45.2 Å². The van der Waals surface area contributed by atoms with Crippen LogP contribution in [-0.2, 0) is 0 Å². The Bertz CT molecular complexity index is 721. The molecule has 1 fully saturated rings. The molecular formula is C17H19N3O. The number of urea groups is 1. The summed E-state index contributed by atoms with van der Waals surface area (Å²) in [4.78, 5) is 18.3. The van der Waals surface area contributed by atoms with Crippen molar-refractivity contribution in [3.05, 3.63) is 48.4 Å². The number of benzene rings is 1. The minimum Gasteiger partial charge on any atom is -0.312 e. The highest BCUT2D eigenvalue weighted by Gasteiger charge is 2.23. The second-order valence-corrected chi connectivity index (χ2v) is 5.69. The lowest BCUT2D eigenvalue weighted by atomic mass is 9.96. The van der Waals surface area contributed by atoms with E-state index in [1.807, 2.05) is 12.3 Å². The highest BCUT2D eigenvalue weighted by Crippen LogP contribution is 2.32. The smallest absolute Gasteiger partial charge is 0.312 e. The normalized spacial score (nSPS) is 15.7. The summed E-state index contributed by atoms with van der Waals surface area (Å²) in [7, 11) is 0. The lowest BCUT2D eigenvalue weighted by Crippen LogP contribution is -2.45. The molecule has 4 nitrogen and oxygen atoms in total. The van der Waals surface area contributed by atoms with Gasteiger partial charge in [0.2, 0.25) is 0 Å². The summed E-state index contributed by atoms with van der Waals surface area (Å²) in [6.07, 6.45) is 4.40. The zero-order valence-corrected chi connectivity index (χ0v) is 12.4. The Morgan fingerprint density at radius 3 is 2.81 bits per heavy atom. The fourth-order valence-corrected chi connectivity index (χ4v) is 2.78. The Morgan fingerprint density at radius 1 is 1.29 bits per heavy atom. The first-order valence-corrected chi connectivity index (χ1v) is 7.21. The molecule has 1 aliphatic rings. The molecule has 2 heterocycles. The number of carbonyl (C=O) groups is 1. The Hall–Kier alpha value is -2.36. The van der Waals surface area contributed by atoms with Gasteiger partial charge in [-0.1, -0.05) is 38.6 Å². The van der Waals surface area contributed by atoms with E-state index >= 15 is 0 Å². The number of aromatic nitrogens is 1. The predicted molar refractivity (Wildman–Crippen MR) is 85.5 cm³/mol. The monoisotopic (exact) mass is 281 g/mol. The van der Waals surface area contributed by atoms with E-state index < -0.39 is 0 Å². The maximum Gasteiger partial charge on any atom is 0.326 e. The molecule has 1 aromatic heterocycles. The second-order valence-electron chi connectivity index (χ2n) is 5.69. The average molecular weight is 281 g/mol. The van der Waals surface area contributed by atoms with Crippen LogP contribution in [0.15, 0.2) is 42.9 Å². The first-order chi connectivity index (χ1) is 10.1. The van der Waals surface area contributed by atoms with Crippen LogP contribution in [0.2, 0.25) is 0 Å². The Morgan fingerprint density at radius 2 is 2.10 bits per heavy atom. The molecule has 0 atom stereocenters. The standard InChI is InChI=1S/C17H19N3O/c1-11(2)13-5-4-6-14-15(13)9-18-10-16(14)20-8-7-12(3)19-17(20)21/h4-6,9-11H,3,7-8H2,1-2H3,(H,19,21). The maximum absolute atomic E-state index is 12.2. The molecule has 108 valence electrons. The van der Waals surface area contributed by atoms with Crippen LogP contribution in [0.3, 0.4) is 0 Å². The van der Waals surface area contributed by atoms with Crippen molar-refractivity contribution >= 4 is 22.5 Å². The third-order valence-corrected chi connectivity index (χ3v) is 3.90. The van der Waals surface area contributed by atoms with Crippen molar-refractivity contribution < 1.29 is 4.79 Å². The Balaban J connectivity index is 2.13. The maximum atomic E-state index is 12.2. The Labute approximate surface area is 124 Å². The van der Waals surface area contributed by atoms with Crippen molar-refractivity contribution in [3.63, 3.8) is 0 Å². The SMILES string of the molecule is C=C1CCN(c2cncc3c(C(C)C)cccc23)C(=O)N1. The molecule has 21 heavy (non-hydrogen) atoms. The number of anilines is 1. The van der Waals surface area contributed by atoms with Crippen molar-refractivity contribution in [3.8, 4) is 0 Å². The number of hydrogen-bond acceptors (Lipinski definition) is 2. The van der Waals surface area contributed by atoms with Gasteiger partial charge < -0.3 is 5.32 Å². The van der Waals surface area contributed by atoms with Crippen LogP contribution in [0.25, 0.3) is 10.8 Å². The van der Waals surface area contributed by atoms with Crippen LogP contribution >= 0.6 is 0 Å². The zero-order valence-electron chi connectivity index (χ0n) is 12.4.